The standard InChI is InChI=1S/C21H28ClN3O2/c1-5-25(6-2)17-8-9-19(15(3)13-17)23-12-11-21(26)24-16-7-10-20(27-4)18(22)14-16/h7-10,13-14,23H,5-6,11-12H2,1-4H3,(H,24,26). The molecule has 0 bridgehead atoms. The van der Waals surface area contributed by atoms with Gasteiger partial charge in [0.2, 0.25) is 5.91 Å². The smallest absolute Gasteiger partial charge is 0.226 e. The highest BCUT2D eigenvalue weighted by Crippen LogP contribution is 2.27. The van der Waals surface area contributed by atoms with E-state index in [0.717, 1.165) is 18.8 Å². The lowest BCUT2D eigenvalue weighted by Gasteiger charge is -2.22. The SMILES string of the molecule is CCN(CC)c1ccc(NCCC(=O)Nc2ccc(OC)c(Cl)c2)c(C)c1. The zero-order chi connectivity index (χ0) is 19.8. The molecule has 27 heavy (non-hydrogen) atoms. The van der Waals surface area contributed by atoms with Crippen LogP contribution >= 0.6 is 11.6 Å². The van der Waals surface area contributed by atoms with Crippen LogP contribution in [0.5, 0.6) is 5.75 Å². The van der Waals surface area contributed by atoms with E-state index in [1.807, 2.05) is 0 Å². The van der Waals surface area contributed by atoms with Crippen molar-refractivity contribution < 1.29 is 9.53 Å². The van der Waals surface area contributed by atoms with Crippen molar-refractivity contribution in [3.63, 3.8) is 0 Å². The number of anilines is 3. The van der Waals surface area contributed by atoms with E-state index in [4.69, 9.17) is 16.3 Å². The normalized spacial score (nSPS) is 10.4. The van der Waals surface area contributed by atoms with Crippen molar-refractivity contribution in [3.8, 4) is 5.75 Å². The lowest BCUT2D eigenvalue weighted by molar-refractivity contribution is -0.115. The first-order chi connectivity index (χ1) is 13.0. The maximum absolute atomic E-state index is 12.1. The van der Waals surface area contributed by atoms with Gasteiger partial charge in [-0.05, 0) is 62.7 Å². The van der Waals surface area contributed by atoms with Crippen molar-refractivity contribution in [1.29, 1.82) is 0 Å². The molecule has 6 heteroatoms. The summed E-state index contributed by atoms with van der Waals surface area (Å²) in [4.78, 5) is 14.5. The van der Waals surface area contributed by atoms with Crippen LogP contribution in [0.25, 0.3) is 0 Å². The number of nitrogens with one attached hydrogen (secondary N) is 2. The van der Waals surface area contributed by atoms with Gasteiger partial charge >= 0.3 is 0 Å². The molecule has 2 N–H and O–H groups in total. The van der Waals surface area contributed by atoms with Gasteiger partial charge < -0.3 is 20.3 Å². The van der Waals surface area contributed by atoms with E-state index in [1.165, 1.54) is 11.3 Å². The van der Waals surface area contributed by atoms with Gasteiger partial charge in [0.05, 0.1) is 12.1 Å². The monoisotopic (exact) mass is 389 g/mol. The number of carbonyl (C=O) groups is 1. The van der Waals surface area contributed by atoms with E-state index >= 15 is 0 Å². The molecule has 0 spiro atoms. The second-order valence-corrected chi connectivity index (χ2v) is 6.65. The topological polar surface area (TPSA) is 53.6 Å². The Bertz CT molecular complexity index is 776. The number of methoxy groups -OCH3 is 1. The van der Waals surface area contributed by atoms with Crippen LogP contribution in [0.1, 0.15) is 25.8 Å². The Balaban J connectivity index is 1.86. The van der Waals surface area contributed by atoms with Crippen LogP contribution in [-0.4, -0.2) is 32.7 Å². The van der Waals surface area contributed by atoms with Crippen LogP contribution < -0.4 is 20.3 Å². The maximum Gasteiger partial charge on any atom is 0.226 e. The highest BCUT2D eigenvalue weighted by atomic mass is 35.5. The Morgan fingerprint density at radius 1 is 1.15 bits per heavy atom. The minimum absolute atomic E-state index is 0.0684. The summed E-state index contributed by atoms with van der Waals surface area (Å²) in [6.07, 6.45) is 0.362. The van der Waals surface area contributed by atoms with Crippen molar-refractivity contribution in [3.05, 3.63) is 47.0 Å². The number of aryl methyl sites for hydroxylation is 1. The van der Waals surface area contributed by atoms with E-state index in [0.29, 0.717) is 29.4 Å². The van der Waals surface area contributed by atoms with Crippen molar-refractivity contribution in [2.45, 2.75) is 27.2 Å². The van der Waals surface area contributed by atoms with Crippen LogP contribution in [0.4, 0.5) is 17.1 Å². The lowest BCUT2D eigenvalue weighted by atomic mass is 10.1. The van der Waals surface area contributed by atoms with E-state index in [1.54, 1.807) is 25.3 Å². The summed E-state index contributed by atoms with van der Waals surface area (Å²) in [6.45, 7) is 8.91. The number of rotatable bonds is 9. The average molecular weight is 390 g/mol. The van der Waals surface area contributed by atoms with E-state index in [2.05, 4.69) is 54.5 Å². The number of carbonyl (C=O) groups excluding carboxylic acids is 1. The second kappa shape index (κ2) is 10.1. The number of nitrogens with zero attached hydrogens (tertiary/aromatic N) is 1. The Morgan fingerprint density at radius 3 is 2.48 bits per heavy atom. The molecule has 2 aromatic carbocycles. The fourth-order valence-corrected chi connectivity index (χ4v) is 3.17. The minimum atomic E-state index is -0.0684. The Morgan fingerprint density at radius 2 is 1.89 bits per heavy atom. The van der Waals surface area contributed by atoms with Gasteiger partial charge in [0.25, 0.3) is 0 Å². The molecule has 0 saturated carbocycles. The highest BCUT2D eigenvalue weighted by molar-refractivity contribution is 6.32. The molecule has 0 radical (unpaired) electrons. The molecular formula is C21H28ClN3O2. The molecule has 0 aliphatic carbocycles. The van der Waals surface area contributed by atoms with Gasteiger partial charge in [-0.1, -0.05) is 11.6 Å². The summed E-state index contributed by atoms with van der Waals surface area (Å²) >= 11 is 6.08. The van der Waals surface area contributed by atoms with E-state index in [-0.39, 0.29) is 5.91 Å². The van der Waals surface area contributed by atoms with Crippen molar-refractivity contribution in [1.82, 2.24) is 0 Å². The molecule has 0 aromatic heterocycles. The van der Waals surface area contributed by atoms with Gasteiger partial charge in [0, 0.05) is 43.1 Å². The van der Waals surface area contributed by atoms with Crippen molar-refractivity contribution in [2.75, 3.05) is 42.3 Å². The Kier molecular flexibility index (Phi) is 7.80. The predicted octanol–water partition coefficient (Wildman–Crippen LogP) is 4.94. The lowest BCUT2D eigenvalue weighted by Crippen LogP contribution is -2.22. The molecule has 0 aliphatic rings. The summed E-state index contributed by atoms with van der Waals surface area (Å²) in [6, 6.07) is 11.5. The summed E-state index contributed by atoms with van der Waals surface area (Å²) in [5.74, 6) is 0.515. The maximum atomic E-state index is 12.1. The number of ether oxygens (including phenoxy) is 1. The largest absolute Gasteiger partial charge is 0.495 e. The summed E-state index contributed by atoms with van der Waals surface area (Å²) in [5, 5.41) is 6.65. The summed E-state index contributed by atoms with van der Waals surface area (Å²) < 4.78 is 5.11. The highest BCUT2D eigenvalue weighted by Gasteiger charge is 2.08. The third-order valence-electron chi connectivity index (χ3n) is 4.44. The van der Waals surface area contributed by atoms with Gasteiger partial charge in [-0.3, -0.25) is 4.79 Å². The quantitative estimate of drug-likeness (QED) is 0.637. The van der Waals surface area contributed by atoms with E-state index < -0.39 is 0 Å². The number of hydrogen-bond acceptors (Lipinski definition) is 4. The molecule has 0 heterocycles. The van der Waals surface area contributed by atoms with Gasteiger partial charge in [-0.2, -0.15) is 0 Å². The first-order valence-corrected chi connectivity index (χ1v) is 9.59. The molecule has 146 valence electrons. The van der Waals surface area contributed by atoms with Crippen LogP contribution in [0.15, 0.2) is 36.4 Å². The van der Waals surface area contributed by atoms with Crippen LogP contribution in [0.2, 0.25) is 5.02 Å². The number of benzene rings is 2. The first kappa shape index (κ1) is 20.9. The molecule has 2 aromatic rings. The first-order valence-electron chi connectivity index (χ1n) is 9.21. The molecule has 0 fully saturated rings. The molecule has 5 nitrogen and oxygen atoms in total. The number of amides is 1. The summed E-state index contributed by atoms with van der Waals surface area (Å²) in [7, 11) is 1.56. The number of halogens is 1. The molecule has 2 rings (SSSR count). The van der Waals surface area contributed by atoms with Gasteiger partial charge in [0.1, 0.15) is 5.75 Å². The van der Waals surface area contributed by atoms with Crippen LogP contribution in [0, 0.1) is 6.92 Å². The van der Waals surface area contributed by atoms with Gasteiger partial charge in [-0.25, -0.2) is 0 Å². The second-order valence-electron chi connectivity index (χ2n) is 6.25. The fourth-order valence-electron chi connectivity index (χ4n) is 2.91. The zero-order valence-corrected chi connectivity index (χ0v) is 17.2. The van der Waals surface area contributed by atoms with Crippen LogP contribution in [0.3, 0.4) is 0 Å². The van der Waals surface area contributed by atoms with Crippen LogP contribution in [-0.2, 0) is 4.79 Å². The predicted molar refractivity (Wildman–Crippen MR) is 114 cm³/mol. The fraction of sp³-hybridized carbons (Fsp3) is 0.381. The molecule has 0 aliphatic heterocycles. The van der Waals surface area contributed by atoms with Crippen molar-refractivity contribution in [2.24, 2.45) is 0 Å². The molecule has 0 saturated heterocycles. The average Bonchev–Trinajstić information content (AvgIpc) is 2.64. The summed E-state index contributed by atoms with van der Waals surface area (Å²) in [5.41, 5.74) is 4.09. The van der Waals surface area contributed by atoms with Gasteiger partial charge in [0.15, 0.2) is 0 Å². The minimum Gasteiger partial charge on any atom is -0.495 e. The zero-order valence-electron chi connectivity index (χ0n) is 16.4. The molecule has 0 unspecified atom stereocenters. The van der Waals surface area contributed by atoms with Crippen molar-refractivity contribution >= 4 is 34.6 Å². The molecule has 1 amide bonds. The third kappa shape index (κ3) is 5.79. The van der Waals surface area contributed by atoms with E-state index in [9.17, 15) is 4.79 Å². The Hall–Kier alpha value is -2.40. The third-order valence-corrected chi connectivity index (χ3v) is 4.74. The van der Waals surface area contributed by atoms with Gasteiger partial charge in [-0.15, -0.1) is 0 Å². The number of hydrogen-bond donors (Lipinski definition) is 2. The Labute approximate surface area is 166 Å². The molecular weight excluding hydrogens is 362 g/mol. The molecule has 0 atom stereocenters.